The topological polar surface area (TPSA) is 12.0 Å². The van der Waals surface area contributed by atoms with Gasteiger partial charge in [-0.25, -0.2) is 0 Å². The Hall–Kier alpha value is -1.76. The number of hydrogen-bond acceptors (Lipinski definition) is 1. The highest BCUT2D eigenvalue weighted by atomic mass is 14.9. The molecule has 0 aliphatic carbocycles. The summed E-state index contributed by atoms with van der Waals surface area (Å²) in [6.45, 7) is 5.25. The van der Waals surface area contributed by atoms with Gasteiger partial charge in [0.1, 0.15) is 0 Å². The van der Waals surface area contributed by atoms with Crippen molar-refractivity contribution >= 4 is 5.69 Å². The molecule has 2 aromatic rings. The van der Waals surface area contributed by atoms with Crippen LogP contribution < -0.4 is 5.32 Å². The first-order valence-electron chi connectivity index (χ1n) is 7.16. The number of anilines is 1. The Morgan fingerprint density at radius 3 is 2.42 bits per heavy atom. The van der Waals surface area contributed by atoms with E-state index in [1.54, 1.807) is 0 Å². The zero-order chi connectivity index (χ0) is 13.5. The van der Waals surface area contributed by atoms with Gasteiger partial charge in [-0.05, 0) is 43.0 Å². The average molecular weight is 253 g/mol. The molecule has 0 amide bonds. The second-order valence-corrected chi connectivity index (χ2v) is 5.14. The van der Waals surface area contributed by atoms with Gasteiger partial charge in [0.2, 0.25) is 0 Å². The van der Waals surface area contributed by atoms with Crippen LogP contribution in [0.25, 0.3) is 0 Å². The van der Waals surface area contributed by atoms with E-state index in [-0.39, 0.29) is 0 Å². The molecule has 1 heteroatoms. The van der Waals surface area contributed by atoms with E-state index in [1.807, 2.05) is 0 Å². The van der Waals surface area contributed by atoms with Gasteiger partial charge in [0.25, 0.3) is 0 Å². The van der Waals surface area contributed by atoms with Crippen molar-refractivity contribution in [3.63, 3.8) is 0 Å². The van der Waals surface area contributed by atoms with Crippen LogP contribution in [0.1, 0.15) is 36.5 Å². The maximum absolute atomic E-state index is 3.47. The van der Waals surface area contributed by atoms with Crippen molar-refractivity contribution in [2.24, 2.45) is 0 Å². The van der Waals surface area contributed by atoms with Crippen molar-refractivity contribution in [3.8, 4) is 0 Å². The Labute approximate surface area is 116 Å². The first kappa shape index (κ1) is 13.7. The second-order valence-electron chi connectivity index (χ2n) is 5.14. The first-order chi connectivity index (χ1) is 9.28. The molecular formula is C18H23N. The largest absolute Gasteiger partial charge is 0.381 e. The minimum Gasteiger partial charge on any atom is -0.381 e. The molecule has 0 bridgehead atoms. The standard InChI is InChI=1S/C18H23N/c1-3-4-7-16-9-11-18(12-10-16)19-14-17-8-5-6-15(2)13-17/h5-6,8-13,19H,3-4,7,14H2,1-2H3. The molecule has 0 spiro atoms. The van der Waals surface area contributed by atoms with Gasteiger partial charge in [0.15, 0.2) is 0 Å². The highest BCUT2D eigenvalue weighted by molar-refractivity contribution is 5.45. The van der Waals surface area contributed by atoms with E-state index in [0.717, 1.165) is 6.54 Å². The lowest BCUT2D eigenvalue weighted by atomic mass is 10.1. The Morgan fingerprint density at radius 1 is 0.947 bits per heavy atom. The fraction of sp³-hybridized carbons (Fsp3) is 0.333. The van der Waals surface area contributed by atoms with Crippen molar-refractivity contribution in [1.29, 1.82) is 0 Å². The maximum atomic E-state index is 3.47. The molecule has 19 heavy (non-hydrogen) atoms. The Morgan fingerprint density at radius 2 is 1.74 bits per heavy atom. The van der Waals surface area contributed by atoms with E-state index < -0.39 is 0 Å². The molecule has 1 N–H and O–H groups in total. The van der Waals surface area contributed by atoms with E-state index in [0.29, 0.717) is 0 Å². The van der Waals surface area contributed by atoms with Gasteiger partial charge in [-0.15, -0.1) is 0 Å². The number of benzene rings is 2. The molecule has 100 valence electrons. The minimum absolute atomic E-state index is 0.885. The van der Waals surface area contributed by atoms with E-state index in [9.17, 15) is 0 Å². The zero-order valence-electron chi connectivity index (χ0n) is 11.9. The lowest BCUT2D eigenvalue weighted by Crippen LogP contribution is -1.99. The van der Waals surface area contributed by atoms with Crippen molar-refractivity contribution in [2.45, 2.75) is 39.7 Å². The normalized spacial score (nSPS) is 10.4. The van der Waals surface area contributed by atoms with Crippen LogP contribution in [0.15, 0.2) is 48.5 Å². The molecule has 1 nitrogen and oxygen atoms in total. The zero-order valence-corrected chi connectivity index (χ0v) is 11.9. The molecule has 0 aromatic heterocycles. The lowest BCUT2D eigenvalue weighted by molar-refractivity contribution is 0.795. The van der Waals surface area contributed by atoms with Crippen LogP contribution in [0.2, 0.25) is 0 Å². The summed E-state index contributed by atoms with van der Waals surface area (Å²) in [7, 11) is 0. The van der Waals surface area contributed by atoms with Gasteiger partial charge in [0.05, 0.1) is 0 Å². The highest BCUT2D eigenvalue weighted by Crippen LogP contribution is 2.13. The fourth-order valence-electron chi connectivity index (χ4n) is 2.20. The van der Waals surface area contributed by atoms with E-state index in [2.05, 4.69) is 67.7 Å². The third-order valence-electron chi connectivity index (χ3n) is 3.35. The van der Waals surface area contributed by atoms with Crippen LogP contribution in [0, 0.1) is 6.92 Å². The number of unbranched alkanes of at least 4 members (excludes halogenated alkanes) is 1. The van der Waals surface area contributed by atoms with Crippen LogP contribution in [-0.2, 0) is 13.0 Å². The number of nitrogens with one attached hydrogen (secondary N) is 1. The van der Waals surface area contributed by atoms with E-state index in [1.165, 1.54) is 41.6 Å². The third kappa shape index (κ3) is 4.44. The summed E-state index contributed by atoms with van der Waals surface area (Å²) in [5.74, 6) is 0. The Balaban J connectivity index is 1.89. The summed E-state index contributed by atoms with van der Waals surface area (Å²) in [4.78, 5) is 0. The molecule has 0 heterocycles. The van der Waals surface area contributed by atoms with Gasteiger partial charge < -0.3 is 5.32 Å². The van der Waals surface area contributed by atoms with Gasteiger partial charge in [-0.2, -0.15) is 0 Å². The quantitative estimate of drug-likeness (QED) is 0.768. The monoisotopic (exact) mass is 253 g/mol. The molecule has 0 fully saturated rings. The third-order valence-corrected chi connectivity index (χ3v) is 3.35. The number of aryl methyl sites for hydroxylation is 2. The molecule has 0 saturated heterocycles. The predicted molar refractivity (Wildman–Crippen MR) is 83.6 cm³/mol. The molecule has 2 rings (SSSR count). The summed E-state index contributed by atoms with van der Waals surface area (Å²) < 4.78 is 0. The SMILES string of the molecule is CCCCc1ccc(NCc2cccc(C)c2)cc1. The van der Waals surface area contributed by atoms with Crippen molar-refractivity contribution < 1.29 is 0 Å². The smallest absolute Gasteiger partial charge is 0.0400 e. The molecule has 0 saturated carbocycles. The van der Waals surface area contributed by atoms with Crippen molar-refractivity contribution in [2.75, 3.05) is 5.32 Å². The van der Waals surface area contributed by atoms with Gasteiger partial charge in [0, 0.05) is 12.2 Å². The number of rotatable bonds is 6. The van der Waals surface area contributed by atoms with Crippen LogP contribution in [0.4, 0.5) is 5.69 Å². The highest BCUT2D eigenvalue weighted by Gasteiger charge is 1.96. The first-order valence-corrected chi connectivity index (χ1v) is 7.16. The maximum Gasteiger partial charge on any atom is 0.0400 e. The van der Waals surface area contributed by atoms with Crippen molar-refractivity contribution in [3.05, 3.63) is 65.2 Å². The summed E-state index contributed by atoms with van der Waals surface area (Å²) in [6, 6.07) is 17.5. The summed E-state index contributed by atoms with van der Waals surface area (Å²) in [5, 5.41) is 3.47. The predicted octanol–water partition coefficient (Wildman–Crippen LogP) is 4.95. The fourth-order valence-corrected chi connectivity index (χ4v) is 2.20. The molecule has 2 aromatic carbocycles. The number of hydrogen-bond donors (Lipinski definition) is 1. The van der Waals surface area contributed by atoms with Crippen LogP contribution in [-0.4, -0.2) is 0 Å². The van der Waals surface area contributed by atoms with Gasteiger partial charge in [-0.3, -0.25) is 0 Å². The lowest BCUT2D eigenvalue weighted by Gasteiger charge is -2.08. The van der Waals surface area contributed by atoms with Gasteiger partial charge in [-0.1, -0.05) is 55.3 Å². The Kier molecular flexibility index (Phi) is 5.02. The van der Waals surface area contributed by atoms with E-state index >= 15 is 0 Å². The molecule has 0 aliphatic heterocycles. The summed E-state index contributed by atoms with van der Waals surface area (Å²) >= 11 is 0. The molecule has 0 unspecified atom stereocenters. The molecular weight excluding hydrogens is 230 g/mol. The second kappa shape index (κ2) is 6.98. The van der Waals surface area contributed by atoms with Crippen LogP contribution in [0.3, 0.4) is 0 Å². The van der Waals surface area contributed by atoms with Crippen molar-refractivity contribution in [1.82, 2.24) is 0 Å². The minimum atomic E-state index is 0.885. The van der Waals surface area contributed by atoms with Gasteiger partial charge >= 0.3 is 0 Å². The molecule has 0 atom stereocenters. The average Bonchev–Trinajstić information content (AvgIpc) is 2.44. The summed E-state index contributed by atoms with van der Waals surface area (Å²) in [6.07, 6.45) is 3.72. The van der Waals surface area contributed by atoms with Crippen LogP contribution in [0.5, 0.6) is 0 Å². The molecule has 0 aliphatic rings. The Bertz CT molecular complexity index is 499. The summed E-state index contributed by atoms with van der Waals surface area (Å²) in [5.41, 5.74) is 5.27. The van der Waals surface area contributed by atoms with E-state index in [4.69, 9.17) is 0 Å². The molecule has 0 radical (unpaired) electrons. The van der Waals surface area contributed by atoms with Crippen LogP contribution >= 0.6 is 0 Å².